The molecule has 2 heterocycles. The molecule has 72 valence electrons. The van der Waals surface area contributed by atoms with Crippen molar-refractivity contribution in [3.63, 3.8) is 0 Å². The molecule has 0 spiro atoms. The Balaban J connectivity index is 2.53. The molecule has 0 radical (unpaired) electrons. The van der Waals surface area contributed by atoms with E-state index in [1.54, 1.807) is 12.4 Å². The second-order valence-corrected chi connectivity index (χ2v) is 3.64. The fourth-order valence-electron chi connectivity index (χ4n) is 1.07. The summed E-state index contributed by atoms with van der Waals surface area (Å²) in [5.41, 5.74) is 5.64. The molecule has 0 bridgehead atoms. The quantitative estimate of drug-likeness (QED) is 0.830. The smallest absolute Gasteiger partial charge is 0.197 e. The third-order valence-electron chi connectivity index (χ3n) is 1.79. The summed E-state index contributed by atoms with van der Waals surface area (Å²) in [6.07, 6.45) is 5.14. The van der Waals surface area contributed by atoms with Crippen LogP contribution in [-0.4, -0.2) is 19.5 Å². The van der Waals surface area contributed by atoms with Gasteiger partial charge in [0, 0.05) is 25.6 Å². The lowest BCUT2D eigenvalue weighted by molar-refractivity contribution is 0.906. The van der Waals surface area contributed by atoms with Crippen LogP contribution in [0.2, 0.25) is 0 Å². The molecular weight excluding hydrogens is 246 g/mol. The zero-order valence-electron chi connectivity index (χ0n) is 7.48. The van der Waals surface area contributed by atoms with E-state index in [9.17, 15) is 0 Å². The number of anilines is 1. The monoisotopic (exact) mass is 253 g/mol. The predicted octanol–water partition coefficient (Wildman–Crippen LogP) is 1.22. The van der Waals surface area contributed by atoms with Gasteiger partial charge < -0.3 is 10.3 Å². The summed E-state index contributed by atoms with van der Waals surface area (Å²) in [4.78, 5) is 12.4. The molecule has 0 atom stereocenters. The van der Waals surface area contributed by atoms with Crippen LogP contribution in [0.4, 0.5) is 5.82 Å². The molecular formula is C8H8BrN5. The number of aryl methyl sites for hydroxylation is 1. The number of hydrogen-bond donors (Lipinski definition) is 1. The van der Waals surface area contributed by atoms with Crippen LogP contribution in [0.1, 0.15) is 0 Å². The van der Waals surface area contributed by atoms with E-state index in [4.69, 9.17) is 5.73 Å². The number of imidazole rings is 1. The molecule has 0 aliphatic rings. The van der Waals surface area contributed by atoms with Crippen LogP contribution in [0, 0.1) is 0 Å². The molecule has 14 heavy (non-hydrogen) atoms. The molecule has 0 saturated heterocycles. The Morgan fingerprint density at radius 3 is 2.79 bits per heavy atom. The van der Waals surface area contributed by atoms with E-state index in [1.807, 2.05) is 17.8 Å². The second kappa shape index (κ2) is 3.38. The summed E-state index contributed by atoms with van der Waals surface area (Å²) < 4.78 is 2.53. The topological polar surface area (TPSA) is 69.6 Å². The number of nitrogens with zero attached hydrogens (tertiary/aromatic N) is 4. The Labute approximate surface area is 89.1 Å². The van der Waals surface area contributed by atoms with E-state index in [2.05, 4.69) is 30.9 Å². The van der Waals surface area contributed by atoms with Crippen molar-refractivity contribution in [1.82, 2.24) is 19.5 Å². The second-order valence-electron chi connectivity index (χ2n) is 2.79. The minimum absolute atomic E-state index is 0.415. The molecule has 0 saturated carbocycles. The summed E-state index contributed by atoms with van der Waals surface area (Å²) in [5.74, 6) is 1.64. The molecule has 2 aromatic rings. The average Bonchev–Trinajstić information content (AvgIpc) is 2.57. The van der Waals surface area contributed by atoms with Gasteiger partial charge >= 0.3 is 0 Å². The standard InChI is InChI=1S/C8H8BrN5/c1-14-3-2-11-8(14)7-12-4-5(9)6(10)13-7/h2-4H,1H3,(H2,10,12,13). The lowest BCUT2D eigenvalue weighted by Gasteiger charge is -2.01. The van der Waals surface area contributed by atoms with Crippen molar-refractivity contribution in [2.24, 2.45) is 7.05 Å². The molecule has 0 unspecified atom stereocenters. The van der Waals surface area contributed by atoms with Crippen molar-refractivity contribution < 1.29 is 0 Å². The normalized spacial score (nSPS) is 10.4. The van der Waals surface area contributed by atoms with E-state index in [-0.39, 0.29) is 0 Å². The number of rotatable bonds is 1. The van der Waals surface area contributed by atoms with Gasteiger partial charge in [0.2, 0.25) is 0 Å². The molecule has 2 aromatic heterocycles. The highest BCUT2D eigenvalue weighted by Gasteiger charge is 2.08. The molecule has 0 fully saturated rings. The first kappa shape index (κ1) is 9.14. The average molecular weight is 254 g/mol. The molecule has 2 rings (SSSR count). The Bertz CT molecular complexity index is 465. The summed E-state index contributed by atoms with van der Waals surface area (Å²) in [7, 11) is 1.88. The van der Waals surface area contributed by atoms with E-state index < -0.39 is 0 Å². The van der Waals surface area contributed by atoms with Gasteiger partial charge in [-0.3, -0.25) is 0 Å². The maximum absolute atomic E-state index is 5.64. The van der Waals surface area contributed by atoms with E-state index in [0.717, 1.165) is 0 Å². The van der Waals surface area contributed by atoms with Gasteiger partial charge in [0.1, 0.15) is 5.82 Å². The molecule has 5 nitrogen and oxygen atoms in total. The zero-order valence-corrected chi connectivity index (χ0v) is 9.06. The summed E-state index contributed by atoms with van der Waals surface area (Å²) in [5, 5.41) is 0. The van der Waals surface area contributed by atoms with Gasteiger partial charge in [0.25, 0.3) is 0 Å². The number of nitrogens with two attached hydrogens (primary N) is 1. The molecule has 0 amide bonds. The van der Waals surface area contributed by atoms with E-state index in [1.165, 1.54) is 0 Å². The largest absolute Gasteiger partial charge is 0.383 e. The van der Waals surface area contributed by atoms with Crippen LogP contribution in [-0.2, 0) is 7.05 Å². The van der Waals surface area contributed by atoms with Crippen LogP contribution < -0.4 is 5.73 Å². The van der Waals surface area contributed by atoms with Crippen molar-refractivity contribution >= 4 is 21.7 Å². The predicted molar refractivity (Wildman–Crippen MR) is 56.3 cm³/mol. The number of nitrogen functional groups attached to an aromatic ring is 1. The Morgan fingerprint density at radius 2 is 2.21 bits per heavy atom. The van der Waals surface area contributed by atoms with E-state index >= 15 is 0 Å². The Morgan fingerprint density at radius 1 is 1.43 bits per heavy atom. The van der Waals surface area contributed by atoms with Crippen LogP contribution in [0.25, 0.3) is 11.6 Å². The fourth-order valence-corrected chi connectivity index (χ4v) is 1.26. The van der Waals surface area contributed by atoms with Gasteiger partial charge in [-0.25, -0.2) is 15.0 Å². The maximum atomic E-state index is 5.64. The van der Waals surface area contributed by atoms with Crippen LogP contribution in [0.5, 0.6) is 0 Å². The van der Waals surface area contributed by atoms with Gasteiger partial charge in [0.05, 0.1) is 4.47 Å². The lowest BCUT2D eigenvalue weighted by Crippen LogP contribution is -2.00. The molecule has 0 aliphatic heterocycles. The summed E-state index contributed by atoms with van der Waals surface area (Å²) >= 11 is 3.23. The minimum Gasteiger partial charge on any atom is -0.383 e. The van der Waals surface area contributed by atoms with Crippen molar-refractivity contribution in [3.8, 4) is 11.6 Å². The highest BCUT2D eigenvalue weighted by molar-refractivity contribution is 9.10. The number of aromatic nitrogens is 4. The van der Waals surface area contributed by atoms with Crippen LogP contribution in [0.15, 0.2) is 23.1 Å². The highest BCUT2D eigenvalue weighted by Crippen LogP contribution is 2.19. The fraction of sp³-hybridized carbons (Fsp3) is 0.125. The molecule has 0 aliphatic carbocycles. The molecule has 0 aromatic carbocycles. The minimum atomic E-state index is 0.415. The maximum Gasteiger partial charge on any atom is 0.197 e. The summed E-state index contributed by atoms with van der Waals surface area (Å²) in [6, 6.07) is 0. The first-order valence-electron chi connectivity index (χ1n) is 3.94. The van der Waals surface area contributed by atoms with Crippen LogP contribution >= 0.6 is 15.9 Å². The van der Waals surface area contributed by atoms with Crippen molar-refractivity contribution in [2.45, 2.75) is 0 Å². The van der Waals surface area contributed by atoms with Gasteiger partial charge in [-0.1, -0.05) is 0 Å². The summed E-state index contributed by atoms with van der Waals surface area (Å²) in [6.45, 7) is 0. The third-order valence-corrected chi connectivity index (χ3v) is 2.40. The van der Waals surface area contributed by atoms with Gasteiger partial charge in [-0.2, -0.15) is 0 Å². The number of hydrogen-bond acceptors (Lipinski definition) is 4. The molecule has 2 N–H and O–H groups in total. The van der Waals surface area contributed by atoms with Crippen molar-refractivity contribution in [2.75, 3.05) is 5.73 Å². The van der Waals surface area contributed by atoms with E-state index in [0.29, 0.717) is 21.9 Å². The van der Waals surface area contributed by atoms with Crippen molar-refractivity contribution in [3.05, 3.63) is 23.1 Å². The first-order valence-corrected chi connectivity index (χ1v) is 4.73. The van der Waals surface area contributed by atoms with Gasteiger partial charge in [0.15, 0.2) is 11.6 Å². The highest BCUT2D eigenvalue weighted by atomic mass is 79.9. The van der Waals surface area contributed by atoms with Gasteiger partial charge in [-0.15, -0.1) is 0 Å². The van der Waals surface area contributed by atoms with Crippen molar-refractivity contribution in [1.29, 1.82) is 0 Å². The third kappa shape index (κ3) is 1.48. The SMILES string of the molecule is Cn1ccnc1-c1ncc(Br)c(N)n1. The lowest BCUT2D eigenvalue weighted by atomic mass is 10.5. The van der Waals surface area contributed by atoms with Gasteiger partial charge in [-0.05, 0) is 15.9 Å². The Kier molecular flexibility index (Phi) is 2.20. The first-order chi connectivity index (χ1) is 6.68. The van der Waals surface area contributed by atoms with Crippen LogP contribution in [0.3, 0.4) is 0 Å². The molecule has 6 heteroatoms. The Hall–Kier alpha value is -1.43. The number of halogens is 1. The zero-order chi connectivity index (χ0) is 10.1.